The number of amides is 2. The minimum atomic E-state index is -0.550. The lowest BCUT2D eigenvalue weighted by Gasteiger charge is -2.30. The summed E-state index contributed by atoms with van der Waals surface area (Å²) in [7, 11) is 0. The molecule has 1 aromatic carbocycles. The molecular formula is C19H20ClN5O4. The maximum Gasteiger partial charge on any atom is 0.271 e. The van der Waals surface area contributed by atoms with Crippen molar-refractivity contribution >= 4 is 40.6 Å². The van der Waals surface area contributed by atoms with Gasteiger partial charge >= 0.3 is 0 Å². The highest BCUT2D eigenvalue weighted by atomic mass is 35.5. The van der Waals surface area contributed by atoms with Crippen molar-refractivity contribution in [1.82, 2.24) is 9.88 Å². The molecule has 0 spiro atoms. The van der Waals surface area contributed by atoms with Crippen LogP contribution in [-0.4, -0.2) is 46.3 Å². The number of aromatic nitrogens is 1. The molecular weight excluding hydrogens is 398 g/mol. The van der Waals surface area contributed by atoms with Crippen molar-refractivity contribution in [1.29, 1.82) is 0 Å². The monoisotopic (exact) mass is 417 g/mol. The first-order chi connectivity index (χ1) is 13.9. The van der Waals surface area contributed by atoms with E-state index in [1.54, 1.807) is 24.4 Å². The van der Waals surface area contributed by atoms with Crippen molar-refractivity contribution < 1.29 is 14.5 Å². The van der Waals surface area contributed by atoms with Crippen LogP contribution in [-0.2, 0) is 9.59 Å². The molecule has 1 saturated heterocycles. The van der Waals surface area contributed by atoms with Crippen LogP contribution in [0.15, 0.2) is 42.6 Å². The number of anilines is 2. The Bertz CT molecular complexity index is 901. The molecule has 152 valence electrons. The Hall–Kier alpha value is -3.04. The number of non-ortho nitro benzene ring substituents is 1. The molecule has 1 aromatic heterocycles. The van der Waals surface area contributed by atoms with E-state index in [9.17, 15) is 19.7 Å². The summed E-state index contributed by atoms with van der Waals surface area (Å²) in [6.07, 6.45) is 2.91. The Balaban J connectivity index is 1.46. The van der Waals surface area contributed by atoms with Crippen molar-refractivity contribution in [2.45, 2.75) is 12.8 Å². The minimum Gasteiger partial charge on any atom is -0.324 e. The number of piperidine rings is 1. The number of likely N-dealkylation sites (tertiary alicyclic amines) is 1. The van der Waals surface area contributed by atoms with E-state index >= 15 is 0 Å². The quantitative estimate of drug-likeness (QED) is 0.551. The molecule has 1 aliphatic heterocycles. The number of carbonyl (C=O) groups is 2. The number of nitro benzene ring substituents is 1. The van der Waals surface area contributed by atoms with Crippen LogP contribution in [0.3, 0.4) is 0 Å². The molecule has 0 radical (unpaired) electrons. The fraction of sp³-hybridized carbons (Fsp3) is 0.316. The number of hydrogen-bond acceptors (Lipinski definition) is 6. The zero-order valence-electron chi connectivity index (χ0n) is 15.5. The second-order valence-electron chi connectivity index (χ2n) is 6.72. The van der Waals surface area contributed by atoms with Crippen molar-refractivity contribution in [3.8, 4) is 0 Å². The van der Waals surface area contributed by atoms with Gasteiger partial charge in [0.2, 0.25) is 11.8 Å². The number of nitrogens with zero attached hydrogens (tertiary/aromatic N) is 3. The highest BCUT2D eigenvalue weighted by Crippen LogP contribution is 2.26. The zero-order valence-corrected chi connectivity index (χ0v) is 16.3. The number of nitro groups is 1. The number of hydrogen-bond donors (Lipinski definition) is 2. The van der Waals surface area contributed by atoms with Gasteiger partial charge in [0.15, 0.2) is 0 Å². The normalized spacial score (nSPS) is 14.9. The van der Waals surface area contributed by atoms with E-state index in [1.807, 2.05) is 4.90 Å². The van der Waals surface area contributed by atoms with E-state index in [0.29, 0.717) is 37.4 Å². The predicted molar refractivity (Wildman–Crippen MR) is 109 cm³/mol. The Labute approximate surface area is 172 Å². The standard InChI is InChI=1S/C19H20ClN5O4/c20-15-11-14(25(28)29)4-5-16(15)22-18(26)12-24-9-6-13(7-10-24)19(27)23-17-3-1-2-8-21-17/h1-5,8,11,13H,6-7,9-10,12H2,(H,22,26)(H,21,23,27). The maximum absolute atomic E-state index is 12.3. The van der Waals surface area contributed by atoms with Crippen LogP contribution in [0.5, 0.6) is 0 Å². The summed E-state index contributed by atoms with van der Waals surface area (Å²) in [6.45, 7) is 1.38. The molecule has 2 N–H and O–H groups in total. The van der Waals surface area contributed by atoms with Gasteiger partial charge in [-0.15, -0.1) is 0 Å². The molecule has 2 heterocycles. The number of nitrogens with one attached hydrogen (secondary N) is 2. The Morgan fingerprint density at radius 3 is 2.59 bits per heavy atom. The third kappa shape index (κ3) is 5.72. The van der Waals surface area contributed by atoms with Crippen molar-refractivity contribution in [2.75, 3.05) is 30.3 Å². The molecule has 9 nitrogen and oxygen atoms in total. The van der Waals surface area contributed by atoms with E-state index in [2.05, 4.69) is 15.6 Å². The summed E-state index contributed by atoms with van der Waals surface area (Å²) >= 11 is 6.00. The van der Waals surface area contributed by atoms with Crippen molar-refractivity contribution in [2.24, 2.45) is 5.92 Å². The van der Waals surface area contributed by atoms with E-state index in [4.69, 9.17) is 11.6 Å². The van der Waals surface area contributed by atoms with Crippen LogP contribution >= 0.6 is 11.6 Å². The molecule has 29 heavy (non-hydrogen) atoms. The molecule has 0 saturated carbocycles. The molecule has 1 aliphatic rings. The van der Waals surface area contributed by atoms with Gasteiger partial charge in [0.25, 0.3) is 5.69 Å². The first-order valence-corrected chi connectivity index (χ1v) is 9.48. The first kappa shape index (κ1) is 20.7. The second kappa shape index (κ2) is 9.44. The van der Waals surface area contributed by atoms with Gasteiger partial charge in [0.1, 0.15) is 5.82 Å². The summed E-state index contributed by atoms with van der Waals surface area (Å²) in [5.74, 6) is 0.0716. The first-order valence-electron chi connectivity index (χ1n) is 9.10. The van der Waals surface area contributed by atoms with E-state index in [-0.39, 0.29) is 35.0 Å². The van der Waals surface area contributed by atoms with Crippen LogP contribution in [0.4, 0.5) is 17.2 Å². The lowest BCUT2D eigenvalue weighted by atomic mass is 9.96. The third-order valence-electron chi connectivity index (χ3n) is 4.68. The topological polar surface area (TPSA) is 117 Å². The Kier molecular flexibility index (Phi) is 6.73. The molecule has 10 heteroatoms. The summed E-state index contributed by atoms with van der Waals surface area (Å²) in [5, 5.41) is 16.3. The number of pyridine rings is 1. The largest absolute Gasteiger partial charge is 0.324 e. The SMILES string of the molecule is O=C(CN1CCC(C(=O)Nc2ccccn2)CC1)Nc1ccc([N+](=O)[O-])cc1Cl. The van der Waals surface area contributed by atoms with Gasteiger partial charge in [-0.05, 0) is 44.1 Å². The van der Waals surface area contributed by atoms with Crippen LogP contribution < -0.4 is 10.6 Å². The summed E-state index contributed by atoms with van der Waals surface area (Å²) in [4.78, 5) is 40.9. The summed E-state index contributed by atoms with van der Waals surface area (Å²) < 4.78 is 0. The van der Waals surface area contributed by atoms with Gasteiger partial charge in [0, 0.05) is 24.2 Å². The lowest BCUT2D eigenvalue weighted by Crippen LogP contribution is -2.41. The van der Waals surface area contributed by atoms with Gasteiger partial charge in [-0.1, -0.05) is 17.7 Å². The lowest BCUT2D eigenvalue weighted by molar-refractivity contribution is -0.384. The molecule has 2 aromatic rings. The van der Waals surface area contributed by atoms with Crippen LogP contribution in [0.2, 0.25) is 5.02 Å². The molecule has 0 unspecified atom stereocenters. The predicted octanol–water partition coefficient (Wildman–Crippen LogP) is 2.93. The molecule has 0 atom stereocenters. The van der Waals surface area contributed by atoms with Crippen LogP contribution in [0.25, 0.3) is 0 Å². The molecule has 0 bridgehead atoms. The summed E-state index contributed by atoms with van der Waals surface area (Å²) in [5.41, 5.74) is 0.186. The number of carbonyl (C=O) groups excluding carboxylic acids is 2. The van der Waals surface area contributed by atoms with Gasteiger partial charge in [-0.25, -0.2) is 4.98 Å². The number of benzene rings is 1. The fourth-order valence-electron chi connectivity index (χ4n) is 3.13. The van der Waals surface area contributed by atoms with E-state index < -0.39 is 4.92 Å². The molecule has 2 amide bonds. The smallest absolute Gasteiger partial charge is 0.271 e. The molecule has 0 aliphatic carbocycles. The van der Waals surface area contributed by atoms with Crippen molar-refractivity contribution in [3.63, 3.8) is 0 Å². The minimum absolute atomic E-state index is 0.0644. The van der Waals surface area contributed by atoms with Crippen LogP contribution in [0, 0.1) is 16.0 Å². The second-order valence-corrected chi connectivity index (χ2v) is 7.13. The number of rotatable bonds is 6. The van der Waals surface area contributed by atoms with E-state index in [1.165, 1.54) is 18.2 Å². The van der Waals surface area contributed by atoms with Crippen molar-refractivity contribution in [3.05, 3.63) is 57.7 Å². The average Bonchev–Trinajstić information content (AvgIpc) is 2.70. The number of halogens is 1. The molecule has 3 rings (SSSR count). The molecule has 1 fully saturated rings. The van der Waals surface area contributed by atoms with E-state index in [0.717, 1.165) is 0 Å². The third-order valence-corrected chi connectivity index (χ3v) is 4.99. The maximum atomic E-state index is 12.3. The fourth-order valence-corrected chi connectivity index (χ4v) is 3.35. The summed E-state index contributed by atoms with van der Waals surface area (Å²) in [6, 6.07) is 9.22. The zero-order chi connectivity index (χ0) is 20.8. The van der Waals surface area contributed by atoms with Crippen LogP contribution in [0.1, 0.15) is 12.8 Å². The highest BCUT2D eigenvalue weighted by molar-refractivity contribution is 6.34. The highest BCUT2D eigenvalue weighted by Gasteiger charge is 2.26. The average molecular weight is 418 g/mol. The van der Waals surface area contributed by atoms with Gasteiger partial charge in [-0.2, -0.15) is 0 Å². The Morgan fingerprint density at radius 1 is 1.21 bits per heavy atom. The Morgan fingerprint density at radius 2 is 1.97 bits per heavy atom. The van der Waals surface area contributed by atoms with Gasteiger partial charge in [-0.3, -0.25) is 24.6 Å². The van der Waals surface area contributed by atoms with Gasteiger partial charge < -0.3 is 10.6 Å². The van der Waals surface area contributed by atoms with Gasteiger partial charge in [0.05, 0.1) is 22.2 Å².